The van der Waals surface area contributed by atoms with Crippen LogP contribution in [0.25, 0.3) is 0 Å². The molecule has 1 aromatic heterocycles. The third-order valence-electron chi connectivity index (χ3n) is 2.25. The van der Waals surface area contributed by atoms with E-state index in [4.69, 9.17) is 5.11 Å². The Morgan fingerprint density at radius 3 is 2.56 bits per heavy atom. The first-order valence-electron chi connectivity index (χ1n) is 5.04. The zero-order valence-electron chi connectivity index (χ0n) is 9.11. The summed E-state index contributed by atoms with van der Waals surface area (Å²) >= 11 is 1.03. The number of amides is 1. The second-order valence-corrected chi connectivity index (χ2v) is 4.06. The van der Waals surface area contributed by atoms with Crippen LogP contribution in [0.15, 0.2) is 35.7 Å². The van der Waals surface area contributed by atoms with Gasteiger partial charge in [0.25, 0.3) is 5.91 Å². The number of hydrogen-bond donors (Lipinski definition) is 2. The summed E-state index contributed by atoms with van der Waals surface area (Å²) in [5, 5.41) is 16.6. The second-order valence-electron chi connectivity index (χ2n) is 3.45. The molecule has 2 rings (SSSR count). The van der Waals surface area contributed by atoms with Crippen LogP contribution in [0.2, 0.25) is 0 Å². The Hall–Kier alpha value is -2.28. The molecule has 0 radical (unpaired) electrons. The second kappa shape index (κ2) is 5.37. The summed E-state index contributed by atoms with van der Waals surface area (Å²) < 4.78 is 3.55. The van der Waals surface area contributed by atoms with E-state index in [1.54, 1.807) is 30.3 Å². The smallest absolute Gasteiger partial charge is 0.330 e. The van der Waals surface area contributed by atoms with Crippen molar-refractivity contribution in [3.8, 4) is 0 Å². The van der Waals surface area contributed by atoms with Crippen LogP contribution in [0.3, 0.4) is 0 Å². The molecule has 0 saturated carbocycles. The minimum absolute atomic E-state index is 0.113. The van der Waals surface area contributed by atoms with Gasteiger partial charge in [-0.3, -0.25) is 4.79 Å². The lowest BCUT2D eigenvalue weighted by atomic mass is 10.1. The van der Waals surface area contributed by atoms with E-state index in [-0.39, 0.29) is 5.69 Å². The molecule has 1 aromatic carbocycles. The molecular formula is C11H9N3O3S. The number of carbonyl (C=O) groups excluding carboxylic acids is 1. The van der Waals surface area contributed by atoms with Gasteiger partial charge in [0.1, 0.15) is 0 Å². The Bertz CT molecular complexity index is 542. The zero-order valence-corrected chi connectivity index (χ0v) is 9.92. The highest BCUT2D eigenvalue weighted by atomic mass is 32.1. The predicted octanol–water partition coefficient (Wildman–Crippen LogP) is 1.09. The monoisotopic (exact) mass is 263 g/mol. The molecule has 2 N–H and O–H groups in total. The topological polar surface area (TPSA) is 92.2 Å². The summed E-state index contributed by atoms with van der Waals surface area (Å²) in [7, 11) is 0. The molecule has 18 heavy (non-hydrogen) atoms. The van der Waals surface area contributed by atoms with Crippen LogP contribution in [0.5, 0.6) is 0 Å². The van der Waals surface area contributed by atoms with Crippen LogP contribution < -0.4 is 5.32 Å². The Balaban J connectivity index is 2.18. The van der Waals surface area contributed by atoms with Gasteiger partial charge in [-0.1, -0.05) is 34.8 Å². The Labute approximate surface area is 106 Å². The molecule has 1 atom stereocenters. The molecule has 92 valence electrons. The van der Waals surface area contributed by atoms with Crippen molar-refractivity contribution < 1.29 is 14.7 Å². The number of carbonyl (C=O) groups is 2. The number of nitrogens with zero attached hydrogens (tertiary/aromatic N) is 2. The first-order chi connectivity index (χ1) is 8.68. The minimum atomic E-state index is -1.13. The summed E-state index contributed by atoms with van der Waals surface area (Å²) in [5.74, 6) is -1.68. The van der Waals surface area contributed by atoms with Crippen molar-refractivity contribution in [2.24, 2.45) is 0 Å². The summed E-state index contributed by atoms with van der Waals surface area (Å²) in [4.78, 5) is 22.9. The van der Waals surface area contributed by atoms with Crippen molar-refractivity contribution in [2.75, 3.05) is 0 Å². The molecule has 0 bridgehead atoms. The lowest BCUT2D eigenvalue weighted by Gasteiger charge is -2.13. The zero-order chi connectivity index (χ0) is 13.0. The predicted molar refractivity (Wildman–Crippen MR) is 64.2 cm³/mol. The van der Waals surface area contributed by atoms with Crippen molar-refractivity contribution in [3.05, 3.63) is 47.0 Å². The van der Waals surface area contributed by atoms with E-state index in [0.717, 1.165) is 11.5 Å². The molecule has 1 heterocycles. The van der Waals surface area contributed by atoms with Gasteiger partial charge in [0.2, 0.25) is 0 Å². The Kier molecular flexibility index (Phi) is 3.63. The molecule has 6 nitrogen and oxygen atoms in total. The fourth-order valence-corrected chi connectivity index (χ4v) is 1.84. The highest BCUT2D eigenvalue weighted by molar-refractivity contribution is 7.03. The molecule has 1 amide bonds. The molecule has 0 aliphatic rings. The van der Waals surface area contributed by atoms with Gasteiger partial charge in [0.05, 0.1) is 0 Å². The highest BCUT2D eigenvalue weighted by Crippen LogP contribution is 2.13. The van der Waals surface area contributed by atoms with Crippen molar-refractivity contribution in [1.29, 1.82) is 0 Å². The van der Waals surface area contributed by atoms with E-state index in [1.807, 2.05) is 0 Å². The molecular weight excluding hydrogens is 254 g/mol. The highest BCUT2D eigenvalue weighted by Gasteiger charge is 2.23. The van der Waals surface area contributed by atoms with E-state index in [1.165, 1.54) is 5.38 Å². The van der Waals surface area contributed by atoms with Crippen LogP contribution in [0, 0.1) is 0 Å². The summed E-state index contributed by atoms with van der Waals surface area (Å²) in [6, 6.07) is 7.37. The standard InChI is InChI=1S/C11H9N3O3S/c15-10(8-6-18-14-13-8)12-9(11(16)17)7-4-2-1-3-5-7/h1-6,9H,(H,12,15)(H,16,17)/t9-/m0/s1. The van der Waals surface area contributed by atoms with E-state index < -0.39 is 17.9 Å². The normalized spacial score (nSPS) is 11.8. The van der Waals surface area contributed by atoms with Crippen LogP contribution in [0.4, 0.5) is 0 Å². The maximum Gasteiger partial charge on any atom is 0.330 e. The Morgan fingerprint density at radius 1 is 1.28 bits per heavy atom. The SMILES string of the molecule is O=C(N[C@H](C(=O)O)c1ccccc1)c1csnn1. The molecule has 0 unspecified atom stereocenters. The average molecular weight is 263 g/mol. The first kappa shape index (κ1) is 12.2. The van der Waals surface area contributed by atoms with Gasteiger partial charge < -0.3 is 10.4 Å². The maximum atomic E-state index is 11.7. The van der Waals surface area contributed by atoms with Gasteiger partial charge in [0, 0.05) is 5.38 Å². The van der Waals surface area contributed by atoms with E-state index >= 15 is 0 Å². The van der Waals surface area contributed by atoms with Crippen LogP contribution in [-0.2, 0) is 4.79 Å². The average Bonchev–Trinajstić information content (AvgIpc) is 2.90. The number of carboxylic acid groups (broad SMARTS) is 1. The van der Waals surface area contributed by atoms with Crippen molar-refractivity contribution >= 4 is 23.4 Å². The quantitative estimate of drug-likeness (QED) is 0.861. The maximum absolute atomic E-state index is 11.7. The summed E-state index contributed by atoms with van der Waals surface area (Å²) in [6.45, 7) is 0. The molecule has 0 aliphatic heterocycles. The first-order valence-corrected chi connectivity index (χ1v) is 5.88. The van der Waals surface area contributed by atoms with Gasteiger partial charge in [0.15, 0.2) is 11.7 Å². The minimum Gasteiger partial charge on any atom is -0.479 e. The van der Waals surface area contributed by atoms with Crippen LogP contribution >= 0.6 is 11.5 Å². The van der Waals surface area contributed by atoms with Crippen molar-refractivity contribution in [1.82, 2.24) is 14.9 Å². The fraction of sp³-hybridized carbons (Fsp3) is 0.0909. The number of carboxylic acids is 1. The van der Waals surface area contributed by atoms with Crippen LogP contribution in [-0.4, -0.2) is 26.6 Å². The number of rotatable bonds is 4. The van der Waals surface area contributed by atoms with Crippen molar-refractivity contribution in [3.63, 3.8) is 0 Å². The van der Waals surface area contributed by atoms with Gasteiger partial charge >= 0.3 is 5.97 Å². The number of aromatic nitrogens is 2. The molecule has 0 spiro atoms. The fourth-order valence-electron chi connectivity index (χ4n) is 1.40. The number of nitrogens with one attached hydrogen (secondary N) is 1. The number of aliphatic carboxylic acids is 1. The number of benzene rings is 1. The third kappa shape index (κ3) is 2.69. The third-order valence-corrected chi connectivity index (χ3v) is 2.75. The largest absolute Gasteiger partial charge is 0.479 e. The number of hydrogen-bond acceptors (Lipinski definition) is 5. The summed E-state index contributed by atoms with van der Waals surface area (Å²) in [5.41, 5.74) is 0.615. The summed E-state index contributed by atoms with van der Waals surface area (Å²) in [6.07, 6.45) is 0. The lowest BCUT2D eigenvalue weighted by molar-refractivity contribution is -0.139. The van der Waals surface area contributed by atoms with Gasteiger partial charge in [-0.15, -0.1) is 5.10 Å². The Morgan fingerprint density at radius 2 is 2.00 bits per heavy atom. The molecule has 7 heteroatoms. The lowest BCUT2D eigenvalue weighted by Crippen LogP contribution is -2.33. The van der Waals surface area contributed by atoms with Crippen molar-refractivity contribution in [2.45, 2.75) is 6.04 Å². The van der Waals surface area contributed by atoms with E-state index in [0.29, 0.717) is 5.56 Å². The van der Waals surface area contributed by atoms with Gasteiger partial charge in [-0.05, 0) is 17.1 Å². The molecule has 2 aromatic rings. The van der Waals surface area contributed by atoms with Crippen LogP contribution in [0.1, 0.15) is 22.1 Å². The van der Waals surface area contributed by atoms with Gasteiger partial charge in [-0.2, -0.15) is 0 Å². The van der Waals surface area contributed by atoms with E-state index in [2.05, 4.69) is 14.9 Å². The molecule has 0 saturated heterocycles. The van der Waals surface area contributed by atoms with Gasteiger partial charge in [-0.25, -0.2) is 4.79 Å². The molecule has 0 fully saturated rings. The van der Waals surface area contributed by atoms with E-state index in [9.17, 15) is 9.59 Å². The molecule has 0 aliphatic carbocycles.